The molecule has 0 aliphatic heterocycles. The fraction of sp³-hybridized carbons (Fsp3) is 0.300. The predicted molar refractivity (Wildman–Crippen MR) is 44.1 cm³/mol. The second-order valence-corrected chi connectivity index (χ2v) is 3.26. The van der Waals surface area contributed by atoms with E-state index in [1.807, 2.05) is 0 Å². The van der Waals surface area contributed by atoms with Crippen molar-refractivity contribution in [1.82, 2.24) is 0 Å². The Bertz CT molecular complexity index is 393. The van der Waals surface area contributed by atoms with Gasteiger partial charge in [0.1, 0.15) is 0 Å². The molecular formula is C10H7F3O. The van der Waals surface area contributed by atoms with Gasteiger partial charge in [-0.15, -0.1) is 0 Å². The van der Waals surface area contributed by atoms with E-state index in [2.05, 4.69) is 0 Å². The molecule has 1 aromatic rings. The van der Waals surface area contributed by atoms with Crippen LogP contribution >= 0.6 is 0 Å². The predicted octanol–water partition coefficient (Wildman–Crippen LogP) is 2.83. The largest absolute Gasteiger partial charge is 0.417 e. The Morgan fingerprint density at radius 2 is 1.86 bits per heavy atom. The van der Waals surface area contributed by atoms with Crippen molar-refractivity contribution in [3.8, 4) is 0 Å². The first-order valence-electron chi connectivity index (χ1n) is 4.22. The molecule has 0 fully saturated rings. The summed E-state index contributed by atoms with van der Waals surface area (Å²) in [7, 11) is 0. The third-order valence-corrected chi connectivity index (χ3v) is 2.36. The Labute approximate surface area is 78.5 Å². The molecule has 1 aliphatic rings. The van der Waals surface area contributed by atoms with E-state index in [4.69, 9.17) is 0 Å². The van der Waals surface area contributed by atoms with Gasteiger partial charge in [-0.25, -0.2) is 0 Å². The van der Waals surface area contributed by atoms with Crippen LogP contribution < -0.4 is 0 Å². The molecule has 0 heterocycles. The van der Waals surface area contributed by atoms with Gasteiger partial charge in [-0.1, -0.05) is 12.1 Å². The van der Waals surface area contributed by atoms with E-state index in [-0.39, 0.29) is 12.0 Å². The van der Waals surface area contributed by atoms with Gasteiger partial charge in [-0.2, -0.15) is 13.2 Å². The highest BCUT2D eigenvalue weighted by atomic mass is 19.4. The number of alkyl halides is 3. The minimum Gasteiger partial charge on any atom is -0.294 e. The number of ketones is 1. The monoisotopic (exact) mass is 200 g/mol. The van der Waals surface area contributed by atoms with Gasteiger partial charge in [-0.3, -0.25) is 4.79 Å². The molecule has 0 N–H and O–H groups in total. The van der Waals surface area contributed by atoms with E-state index in [0.717, 1.165) is 6.07 Å². The topological polar surface area (TPSA) is 17.1 Å². The van der Waals surface area contributed by atoms with Gasteiger partial charge in [0.25, 0.3) is 0 Å². The van der Waals surface area contributed by atoms with Crippen molar-refractivity contribution in [1.29, 1.82) is 0 Å². The van der Waals surface area contributed by atoms with Gasteiger partial charge in [0.15, 0.2) is 5.78 Å². The molecule has 2 rings (SSSR count). The van der Waals surface area contributed by atoms with Crippen LogP contribution in [-0.2, 0) is 12.6 Å². The second kappa shape index (κ2) is 2.83. The highest BCUT2D eigenvalue weighted by Gasteiger charge is 2.37. The van der Waals surface area contributed by atoms with Crippen molar-refractivity contribution in [3.05, 3.63) is 34.9 Å². The van der Waals surface area contributed by atoms with E-state index < -0.39 is 17.5 Å². The highest BCUT2D eigenvalue weighted by Crippen LogP contribution is 2.36. The number of Topliss-reactive ketones (excluding diaryl/α,β-unsaturated/α-hetero) is 1. The van der Waals surface area contributed by atoms with Crippen LogP contribution in [0.1, 0.15) is 27.9 Å². The summed E-state index contributed by atoms with van der Waals surface area (Å²) in [5, 5.41) is 0. The van der Waals surface area contributed by atoms with Gasteiger partial charge in [-0.05, 0) is 18.1 Å². The zero-order valence-corrected chi connectivity index (χ0v) is 7.19. The maximum absolute atomic E-state index is 12.5. The van der Waals surface area contributed by atoms with E-state index in [0.29, 0.717) is 12.0 Å². The number of halogens is 3. The molecule has 0 aromatic heterocycles. The molecule has 0 atom stereocenters. The Balaban J connectivity index is 2.64. The van der Waals surface area contributed by atoms with Crippen LogP contribution in [0, 0.1) is 0 Å². The Morgan fingerprint density at radius 1 is 1.14 bits per heavy atom. The molecule has 0 amide bonds. The van der Waals surface area contributed by atoms with E-state index in [1.165, 1.54) is 6.07 Å². The normalized spacial score (nSPS) is 15.8. The summed E-state index contributed by atoms with van der Waals surface area (Å²) in [5.41, 5.74) is -0.401. The Kier molecular flexibility index (Phi) is 1.87. The summed E-state index contributed by atoms with van der Waals surface area (Å²) in [6.07, 6.45) is -3.80. The molecule has 74 valence electrons. The average molecular weight is 200 g/mol. The van der Waals surface area contributed by atoms with Crippen molar-refractivity contribution in [2.45, 2.75) is 19.0 Å². The number of aryl methyl sites for hydroxylation is 1. The van der Waals surface area contributed by atoms with Crippen LogP contribution in [0.25, 0.3) is 0 Å². The number of benzene rings is 1. The van der Waals surface area contributed by atoms with E-state index >= 15 is 0 Å². The van der Waals surface area contributed by atoms with Crippen molar-refractivity contribution in [2.75, 3.05) is 0 Å². The molecule has 1 aliphatic carbocycles. The Morgan fingerprint density at radius 3 is 2.50 bits per heavy atom. The number of hydrogen-bond donors (Lipinski definition) is 0. The fourth-order valence-corrected chi connectivity index (χ4v) is 1.75. The molecule has 0 spiro atoms. The Hall–Kier alpha value is -1.32. The van der Waals surface area contributed by atoms with Crippen molar-refractivity contribution in [3.63, 3.8) is 0 Å². The SMILES string of the molecule is O=C1CCc2cccc(C(F)(F)F)c21. The molecule has 0 saturated heterocycles. The lowest BCUT2D eigenvalue weighted by Crippen LogP contribution is -2.11. The van der Waals surface area contributed by atoms with Crippen LogP contribution in [0.3, 0.4) is 0 Å². The first kappa shape index (κ1) is 9.24. The van der Waals surface area contributed by atoms with E-state index in [1.54, 1.807) is 6.07 Å². The lowest BCUT2D eigenvalue weighted by Gasteiger charge is -2.10. The van der Waals surface area contributed by atoms with Gasteiger partial charge < -0.3 is 0 Å². The number of carbonyl (C=O) groups excluding carboxylic acids is 1. The molecule has 1 aromatic carbocycles. The summed E-state index contributed by atoms with van der Waals surface area (Å²) >= 11 is 0. The molecule has 1 nitrogen and oxygen atoms in total. The summed E-state index contributed by atoms with van der Waals surface area (Å²) in [4.78, 5) is 11.2. The minimum absolute atomic E-state index is 0.125. The quantitative estimate of drug-likeness (QED) is 0.629. The fourth-order valence-electron chi connectivity index (χ4n) is 1.75. The van der Waals surface area contributed by atoms with Crippen molar-refractivity contribution < 1.29 is 18.0 Å². The number of fused-ring (bicyclic) bond motifs is 1. The molecule has 0 unspecified atom stereocenters. The molecule has 4 heteroatoms. The van der Waals surface area contributed by atoms with Gasteiger partial charge in [0, 0.05) is 12.0 Å². The van der Waals surface area contributed by atoms with Gasteiger partial charge >= 0.3 is 6.18 Å². The van der Waals surface area contributed by atoms with Crippen LogP contribution in [0.5, 0.6) is 0 Å². The molecule has 0 radical (unpaired) electrons. The van der Waals surface area contributed by atoms with Crippen molar-refractivity contribution in [2.24, 2.45) is 0 Å². The average Bonchev–Trinajstić information content (AvgIpc) is 2.46. The lowest BCUT2D eigenvalue weighted by molar-refractivity contribution is -0.137. The standard InChI is InChI=1S/C10H7F3O/c11-10(12,13)7-3-1-2-6-4-5-8(14)9(6)7/h1-3H,4-5H2. The van der Waals surface area contributed by atoms with Crippen LogP contribution in [0.15, 0.2) is 18.2 Å². The number of rotatable bonds is 0. The lowest BCUT2D eigenvalue weighted by atomic mass is 10.0. The zero-order valence-electron chi connectivity index (χ0n) is 7.19. The maximum atomic E-state index is 12.5. The molecular weight excluding hydrogens is 193 g/mol. The third kappa shape index (κ3) is 1.31. The number of carbonyl (C=O) groups is 1. The zero-order chi connectivity index (χ0) is 10.3. The minimum atomic E-state index is -4.43. The van der Waals surface area contributed by atoms with Crippen LogP contribution in [-0.4, -0.2) is 5.78 Å². The highest BCUT2D eigenvalue weighted by molar-refractivity contribution is 6.01. The summed E-state index contributed by atoms with van der Waals surface area (Å²) in [6.45, 7) is 0. The summed E-state index contributed by atoms with van der Waals surface area (Å²) in [6, 6.07) is 3.89. The molecule has 0 saturated carbocycles. The maximum Gasteiger partial charge on any atom is 0.417 e. The van der Waals surface area contributed by atoms with Crippen LogP contribution in [0.2, 0.25) is 0 Å². The molecule has 0 bridgehead atoms. The molecule has 14 heavy (non-hydrogen) atoms. The second-order valence-electron chi connectivity index (χ2n) is 3.26. The summed E-state index contributed by atoms with van der Waals surface area (Å²) < 4.78 is 37.4. The van der Waals surface area contributed by atoms with Crippen molar-refractivity contribution >= 4 is 5.78 Å². The third-order valence-electron chi connectivity index (χ3n) is 2.36. The number of hydrogen-bond acceptors (Lipinski definition) is 1. The van der Waals surface area contributed by atoms with Gasteiger partial charge in [0.2, 0.25) is 0 Å². The summed E-state index contributed by atoms with van der Waals surface area (Å²) in [5.74, 6) is -0.395. The van der Waals surface area contributed by atoms with Crippen LogP contribution in [0.4, 0.5) is 13.2 Å². The first-order chi connectivity index (χ1) is 6.50. The first-order valence-corrected chi connectivity index (χ1v) is 4.22. The van der Waals surface area contributed by atoms with E-state index in [9.17, 15) is 18.0 Å². The van der Waals surface area contributed by atoms with Gasteiger partial charge in [0.05, 0.1) is 5.56 Å². The smallest absolute Gasteiger partial charge is 0.294 e.